The molecule has 1 aromatic heterocycles. The molecule has 10 heteroatoms. The van der Waals surface area contributed by atoms with Gasteiger partial charge in [0.05, 0.1) is 10.5 Å². The standard InChI is InChI=1S/C17H13FN4O5/c1-9(26-17(23)13-7-4-11(18)8-14(13)19)15-20-21-16(27-15)10-2-5-12(6-3-10)22(24)25/h2-9H,19H2,1H3/t9-/m0/s1. The lowest BCUT2D eigenvalue weighted by Gasteiger charge is -2.10. The number of carbonyl (C=O) groups is 1. The van der Waals surface area contributed by atoms with E-state index in [0.717, 1.165) is 12.1 Å². The number of rotatable bonds is 5. The third-order valence-electron chi connectivity index (χ3n) is 3.63. The van der Waals surface area contributed by atoms with Crippen LogP contribution in [-0.2, 0) is 4.74 Å². The Labute approximate surface area is 151 Å². The third-order valence-corrected chi connectivity index (χ3v) is 3.63. The van der Waals surface area contributed by atoms with Gasteiger partial charge in [-0.1, -0.05) is 0 Å². The smallest absolute Gasteiger partial charge is 0.341 e. The highest BCUT2D eigenvalue weighted by atomic mass is 19.1. The van der Waals surface area contributed by atoms with Gasteiger partial charge in [-0.2, -0.15) is 0 Å². The van der Waals surface area contributed by atoms with Crippen molar-refractivity contribution < 1.29 is 23.3 Å². The summed E-state index contributed by atoms with van der Waals surface area (Å²) in [6, 6.07) is 8.87. The van der Waals surface area contributed by atoms with Crippen LogP contribution < -0.4 is 5.73 Å². The second kappa shape index (κ2) is 7.20. The average Bonchev–Trinajstić information content (AvgIpc) is 3.12. The van der Waals surface area contributed by atoms with Crippen LogP contribution in [-0.4, -0.2) is 21.1 Å². The lowest BCUT2D eigenvalue weighted by Crippen LogP contribution is -2.11. The zero-order chi connectivity index (χ0) is 19.6. The van der Waals surface area contributed by atoms with Gasteiger partial charge in [-0.25, -0.2) is 9.18 Å². The Balaban J connectivity index is 1.73. The summed E-state index contributed by atoms with van der Waals surface area (Å²) in [4.78, 5) is 22.3. The molecule has 138 valence electrons. The molecule has 9 nitrogen and oxygen atoms in total. The molecule has 0 unspecified atom stereocenters. The summed E-state index contributed by atoms with van der Waals surface area (Å²) in [6.45, 7) is 1.52. The number of aromatic nitrogens is 2. The van der Waals surface area contributed by atoms with Gasteiger partial charge in [-0.15, -0.1) is 10.2 Å². The van der Waals surface area contributed by atoms with Gasteiger partial charge in [0, 0.05) is 23.4 Å². The Bertz CT molecular complexity index is 1000. The molecule has 0 spiro atoms. The molecule has 3 aromatic rings. The maximum Gasteiger partial charge on any atom is 0.341 e. The minimum Gasteiger partial charge on any atom is -0.449 e. The number of nitrogen functional groups attached to an aromatic ring is 1. The zero-order valence-corrected chi connectivity index (χ0v) is 14.0. The molecule has 0 amide bonds. The van der Waals surface area contributed by atoms with Crippen LogP contribution in [0.25, 0.3) is 11.5 Å². The van der Waals surface area contributed by atoms with Gasteiger partial charge in [0.15, 0.2) is 6.10 Å². The summed E-state index contributed by atoms with van der Waals surface area (Å²) in [6.07, 6.45) is -0.888. The monoisotopic (exact) mass is 372 g/mol. The number of non-ortho nitro benzene ring substituents is 1. The first-order valence-electron chi connectivity index (χ1n) is 7.69. The maximum atomic E-state index is 13.1. The lowest BCUT2D eigenvalue weighted by molar-refractivity contribution is -0.384. The summed E-state index contributed by atoms with van der Waals surface area (Å²) in [5, 5.41) is 18.3. The quantitative estimate of drug-likeness (QED) is 0.312. The van der Waals surface area contributed by atoms with Gasteiger partial charge in [-0.05, 0) is 37.3 Å². The van der Waals surface area contributed by atoms with Crippen LogP contribution in [0.1, 0.15) is 29.3 Å². The highest BCUT2D eigenvalue weighted by Gasteiger charge is 2.21. The number of hydrogen-bond acceptors (Lipinski definition) is 8. The number of benzene rings is 2. The van der Waals surface area contributed by atoms with E-state index in [1.807, 2.05) is 0 Å². The van der Waals surface area contributed by atoms with E-state index < -0.39 is 22.8 Å². The summed E-state index contributed by atoms with van der Waals surface area (Å²) in [5.74, 6) is -1.20. The van der Waals surface area contributed by atoms with E-state index in [2.05, 4.69) is 10.2 Å². The van der Waals surface area contributed by atoms with Gasteiger partial charge in [0.1, 0.15) is 5.82 Å². The molecule has 0 saturated carbocycles. The first-order chi connectivity index (χ1) is 12.8. The Morgan fingerprint density at radius 3 is 2.59 bits per heavy atom. The fraction of sp³-hybridized carbons (Fsp3) is 0.118. The van der Waals surface area contributed by atoms with Crippen LogP contribution >= 0.6 is 0 Å². The highest BCUT2D eigenvalue weighted by molar-refractivity contribution is 5.95. The molecular formula is C17H13FN4O5. The molecule has 1 atom stereocenters. The van der Waals surface area contributed by atoms with Crippen molar-refractivity contribution in [2.24, 2.45) is 0 Å². The third kappa shape index (κ3) is 3.89. The highest BCUT2D eigenvalue weighted by Crippen LogP contribution is 2.25. The Kier molecular flexibility index (Phi) is 4.79. The van der Waals surface area contributed by atoms with Crippen LogP contribution in [0.4, 0.5) is 15.8 Å². The summed E-state index contributed by atoms with van der Waals surface area (Å²) >= 11 is 0. The molecule has 0 saturated heterocycles. The molecule has 0 aliphatic rings. The minimum absolute atomic E-state index is 0.0124. The first kappa shape index (κ1) is 18.0. The van der Waals surface area contributed by atoms with Crippen LogP contribution in [0.15, 0.2) is 46.9 Å². The van der Waals surface area contributed by atoms with Gasteiger partial charge < -0.3 is 14.9 Å². The molecule has 0 fully saturated rings. The number of nitro groups is 1. The van der Waals surface area contributed by atoms with Crippen molar-refractivity contribution in [1.29, 1.82) is 0 Å². The number of nitrogens with two attached hydrogens (primary N) is 1. The molecular weight excluding hydrogens is 359 g/mol. The van der Waals surface area contributed by atoms with Crippen molar-refractivity contribution in [3.05, 3.63) is 69.9 Å². The summed E-state index contributed by atoms with van der Waals surface area (Å²) < 4.78 is 23.7. The van der Waals surface area contributed by atoms with E-state index >= 15 is 0 Å². The molecule has 0 aliphatic heterocycles. The fourth-order valence-electron chi connectivity index (χ4n) is 2.24. The van der Waals surface area contributed by atoms with E-state index in [-0.39, 0.29) is 28.7 Å². The zero-order valence-electron chi connectivity index (χ0n) is 14.0. The average molecular weight is 372 g/mol. The summed E-state index contributed by atoms with van der Waals surface area (Å²) in [7, 11) is 0. The van der Waals surface area contributed by atoms with Gasteiger partial charge in [0.2, 0.25) is 5.89 Å². The maximum absolute atomic E-state index is 13.1. The molecule has 0 aliphatic carbocycles. The van der Waals surface area contributed by atoms with Crippen molar-refractivity contribution in [3.63, 3.8) is 0 Å². The van der Waals surface area contributed by atoms with Crippen molar-refractivity contribution >= 4 is 17.3 Å². The van der Waals surface area contributed by atoms with Crippen molar-refractivity contribution in [3.8, 4) is 11.5 Å². The molecule has 3 rings (SSSR count). The van der Waals surface area contributed by atoms with Crippen molar-refractivity contribution in [2.45, 2.75) is 13.0 Å². The Morgan fingerprint density at radius 2 is 1.96 bits per heavy atom. The van der Waals surface area contributed by atoms with Crippen molar-refractivity contribution in [1.82, 2.24) is 10.2 Å². The van der Waals surface area contributed by atoms with Crippen LogP contribution in [0.3, 0.4) is 0 Å². The number of hydrogen-bond donors (Lipinski definition) is 1. The SMILES string of the molecule is C[C@H](OC(=O)c1ccc(F)cc1N)c1nnc(-c2ccc([N+](=O)[O-])cc2)o1. The van der Waals surface area contributed by atoms with Crippen molar-refractivity contribution in [2.75, 3.05) is 5.73 Å². The first-order valence-corrected chi connectivity index (χ1v) is 7.69. The molecule has 27 heavy (non-hydrogen) atoms. The number of anilines is 1. The molecule has 1 heterocycles. The van der Waals surface area contributed by atoms with Crippen LogP contribution in [0.2, 0.25) is 0 Å². The molecule has 0 radical (unpaired) electrons. The van der Waals surface area contributed by atoms with E-state index in [4.69, 9.17) is 14.9 Å². The largest absolute Gasteiger partial charge is 0.449 e. The Hall–Kier alpha value is -3.82. The van der Waals surface area contributed by atoms with Gasteiger partial charge in [0.25, 0.3) is 11.6 Å². The van der Waals surface area contributed by atoms with E-state index in [1.54, 1.807) is 0 Å². The van der Waals surface area contributed by atoms with Crippen LogP contribution in [0, 0.1) is 15.9 Å². The topological polar surface area (TPSA) is 134 Å². The fourth-order valence-corrected chi connectivity index (χ4v) is 2.24. The van der Waals surface area contributed by atoms with E-state index in [0.29, 0.717) is 5.56 Å². The van der Waals surface area contributed by atoms with E-state index in [1.165, 1.54) is 37.3 Å². The number of nitro benzene ring substituents is 1. The number of nitrogens with zero attached hydrogens (tertiary/aromatic N) is 3. The predicted molar refractivity (Wildman–Crippen MR) is 91.0 cm³/mol. The number of ether oxygens (including phenoxy) is 1. The second-order valence-corrected chi connectivity index (χ2v) is 5.53. The number of halogens is 1. The van der Waals surface area contributed by atoms with Gasteiger partial charge in [-0.3, -0.25) is 10.1 Å². The molecule has 0 bridgehead atoms. The van der Waals surface area contributed by atoms with Crippen LogP contribution in [0.5, 0.6) is 0 Å². The predicted octanol–water partition coefficient (Wildman–Crippen LogP) is 3.28. The number of esters is 1. The lowest BCUT2D eigenvalue weighted by atomic mass is 10.2. The Morgan fingerprint density at radius 1 is 1.26 bits per heavy atom. The number of carbonyl (C=O) groups excluding carboxylic acids is 1. The van der Waals surface area contributed by atoms with Gasteiger partial charge >= 0.3 is 5.97 Å². The molecule has 2 N–H and O–H groups in total. The van der Waals surface area contributed by atoms with E-state index in [9.17, 15) is 19.3 Å². The normalized spacial score (nSPS) is 11.8. The molecule has 2 aromatic carbocycles. The summed E-state index contributed by atoms with van der Waals surface area (Å²) in [5.41, 5.74) is 5.97. The minimum atomic E-state index is -0.888. The second-order valence-electron chi connectivity index (χ2n) is 5.53.